The number of aromatic nitrogens is 2. The Labute approximate surface area is 64.5 Å². The number of nitrogens with zero attached hydrogens (tertiary/aromatic N) is 3. The Bertz CT molecular complexity index is 300. The van der Waals surface area contributed by atoms with Crippen LogP contribution in [0.25, 0.3) is 5.70 Å². The van der Waals surface area contributed by atoms with E-state index in [1.54, 1.807) is 24.7 Å². The third-order valence-electron chi connectivity index (χ3n) is 1.35. The summed E-state index contributed by atoms with van der Waals surface area (Å²) in [5, 5.41) is 4.06. The van der Waals surface area contributed by atoms with Gasteiger partial charge in [0.2, 0.25) is 0 Å². The zero-order chi connectivity index (χ0) is 7.52. The molecule has 1 radical (unpaired) electrons. The Morgan fingerprint density at radius 3 is 2.55 bits per heavy atom. The number of rotatable bonds is 1. The molecule has 11 heavy (non-hydrogen) atoms. The van der Waals surface area contributed by atoms with Gasteiger partial charge in [0.1, 0.15) is 5.70 Å². The smallest absolute Gasteiger partial charge is 0.178 e. The maximum Gasteiger partial charge on any atom is 0.178 e. The van der Waals surface area contributed by atoms with Crippen LogP contribution in [0.15, 0.2) is 36.8 Å². The molecule has 0 spiro atoms. The van der Waals surface area contributed by atoms with Gasteiger partial charge in [0.05, 0.1) is 0 Å². The average molecular weight is 144 g/mol. The van der Waals surface area contributed by atoms with Crippen molar-refractivity contribution in [1.29, 1.82) is 0 Å². The Morgan fingerprint density at radius 2 is 1.91 bits per heavy atom. The molecule has 53 valence electrons. The third-order valence-corrected chi connectivity index (χ3v) is 1.35. The van der Waals surface area contributed by atoms with Gasteiger partial charge in [-0.25, -0.2) is 9.97 Å². The van der Waals surface area contributed by atoms with Crippen molar-refractivity contribution in [3.8, 4) is 0 Å². The van der Waals surface area contributed by atoms with Crippen LogP contribution in [-0.4, -0.2) is 9.97 Å². The SMILES string of the molecule is C1=C[N]C(c2ncccn2)=C1. The molecule has 1 aliphatic heterocycles. The highest BCUT2D eigenvalue weighted by Crippen LogP contribution is 2.09. The lowest BCUT2D eigenvalue weighted by Crippen LogP contribution is -1.97. The van der Waals surface area contributed by atoms with Crippen molar-refractivity contribution in [2.75, 3.05) is 0 Å². The van der Waals surface area contributed by atoms with Gasteiger partial charge in [0.25, 0.3) is 0 Å². The highest BCUT2D eigenvalue weighted by atomic mass is 15.0. The van der Waals surface area contributed by atoms with E-state index in [4.69, 9.17) is 0 Å². The second-order valence-electron chi connectivity index (χ2n) is 2.09. The van der Waals surface area contributed by atoms with Gasteiger partial charge in [-0.3, -0.25) is 5.32 Å². The lowest BCUT2D eigenvalue weighted by molar-refractivity contribution is 1.06. The van der Waals surface area contributed by atoms with Crippen molar-refractivity contribution in [3.63, 3.8) is 0 Å². The zero-order valence-corrected chi connectivity index (χ0v) is 5.81. The summed E-state index contributed by atoms with van der Waals surface area (Å²) in [6, 6.07) is 1.78. The van der Waals surface area contributed by atoms with Gasteiger partial charge in [0, 0.05) is 18.6 Å². The second-order valence-corrected chi connectivity index (χ2v) is 2.09. The van der Waals surface area contributed by atoms with Gasteiger partial charge < -0.3 is 0 Å². The summed E-state index contributed by atoms with van der Waals surface area (Å²) < 4.78 is 0. The Balaban J connectivity index is 2.31. The van der Waals surface area contributed by atoms with Gasteiger partial charge in [0.15, 0.2) is 5.82 Å². The van der Waals surface area contributed by atoms with E-state index in [9.17, 15) is 0 Å². The third kappa shape index (κ3) is 1.12. The van der Waals surface area contributed by atoms with E-state index in [1.165, 1.54) is 0 Å². The summed E-state index contributed by atoms with van der Waals surface area (Å²) >= 11 is 0. The lowest BCUT2D eigenvalue weighted by Gasteiger charge is -1.96. The summed E-state index contributed by atoms with van der Waals surface area (Å²) in [5.74, 6) is 0.678. The molecule has 2 rings (SSSR count). The van der Waals surface area contributed by atoms with Crippen LogP contribution < -0.4 is 5.32 Å². The van der Waals surface area contributed by atoms with E-state index in [0.29, 0.717) is 5.82 Å². The van der Waals surface area contributed by atoms with E-state index in [-0.39, 0.29) is 0 Å². The molecule has 0 saturated carbocycles. The molecule has 2 heterocycles. The predicted molar refractivity (Wildman–Crippen MR) is 41.3 cm³/mol. The van der Waals surface area contributed by atoms with Crippen LogP contribution in [0, 0.1) is 0 Å². The van der Waals surface area contributed by atoms with Crippen molar-refractivity contribution in [2.24, 2.45) is 0 Å². The minimum absolute atomic E-state index is 0.678. The molecule has 0 aliphatic carbocycles. The topological polar surface area (TPSA) is 39.9 Å². The van der Waals surface area contributed by atoms with Crippen LogP contribution in [0.1, 0.15) is 5.82 Å². The Morgan fingerprint density at radius 1 is 1.09 bits per heavy atom. The van der Waals surface area contributed by atoms with Crippen LogP contribution in [0.2, 0.25) is 0 Å². The molecule has 3 nitrogen and oxygen atoms in total. The van der Waals surface area contributed by atoms with E-state index in [2.05, 4.69) is 15.3 Å². The van der Waals surface area contributed by atoms with Gasteiger partial charge in [-0.1, -0.05) is 0 Å². The van der Waals surface area contributed by atoms with E-state index in [1.807, 2.05) is 12.2 Å². The fourth-order valence-electron chi connectivity index (χ4n) is 0.864. The summed E-state index contributed by atoms with van der Waals surface area (Å²) in [5.41, 5.74) is 0.825. The zero-order valence-electron chi connectivity index (χ0n) is 5.81. The minimum Gasteiger partial charge on any atom is -0.253 e. The first-order valence-corrected chi connectivity index (χ1v) is 3.32. The van der Waals surface area contributed by atoms with Crippen LogP contribution in [0.3, 0.4) is 0 Å². The number of allylic oxidation sites excluding steroid dienone is 2. The predicted octanol–water partition coefficient (Wildman–Crippen LogP) is 0.949. The van der Waals surface area contributed by atoms with Crippen molar-refractivity contribution in [2.45, 2.75) is 0 Å². The molecule has 0 aromatic carbocycles. The van der Waals surface area contributed by atoms with Crippen LogP contribution in [-0.2, 0) is 0 Å². The molecule has 0 bridgehead atoms. The fraction of sp³-hybridized carbons (Fsp3) is 0. The quantitative estimate of drug-likeness (QED) is 0.588. The first kappa shape index (κ1) is 6.09. The van der Waals surface area contributed by atoms with Gasteiger partial charge in [-0.05, 0) is 18.2 Å². The monoisotopic (exact) mass is 144 g/mol. The fourth-order valence-corrected chi connectivity index (χ4v) is 0.864. The van der Waals surface area contributed by atoms with Crippen LogP contribution >= 0.6 is 0 Å². The minimum atomic E-state index is 0.678. The van der Waals surface area contributed by atoms with Crippen molar-refractivity contribution in [3.05, 3.63) is 42.6 Å². The summed E-state index contributed by atoms with van der Waals surface area (Å²) in [4.78, 5) is 8.10. The molecule has 1 aliphatic rings. The van der Waals surface area contributed by atoms with Crippen LogP contribution in [0.5, 0.6) is 0 Å². The van der Waals surface area contributed by atoms with Gasteiger partial charge in [-0.2, -0.15) is 0 Å². The molecular formula is C8H6N3. The lowest BCUT2D eigenvalue weighted by atomic mass is 10.4. The van der Waals surface area contributed by atoms with E-state index >= 15 is 0 Å². The maximum absolute atomic E-state index is 4.06. The summed E-state index contributed by atoms with van der Waals surface area (Å²) in [6.45, 7) is 0. The first-order chi connectivity index (χ1) is 5.47. The van der Waals surface area contributed by atoms with Crippen molar-refractivity contribution >= 4 is 5.70 Å². The number of hydrogen-bond acceptors (Lipinski definition) is 2. The molecule has 0 N–H and O–H groups in total. The standard InChI is InChI=1S/C8H6N3/c1-3-7(9-4-1)8-10-5-2-6-11-8/h1-6H. The largest absolute Gasteiger partial charge is 0.253 e. The summed E-state index contributed by atoms with van der Waals surface area (Å²) in [7, 11) is 0. The van der Waals surface area contributed by atoms with Gasteiger partial charge >= 0.3 is 0 Å². The highest BCUT2D eigenvalue weighted by molar-refractivity contribution is 5.62. The summed E-state index contributed by atoms with van der Waals surface area (Å²) in [6.07, 6.45) is 8.89. The molecule has 0 saturated heterocycles. The molecule has 0 amide bonds. The molecule has 0 atom stereocenters. The molecular weight excluding hydrogens is 138 g/mol. The normalized spacial score (nSPS) is 14.4. The second kappa shape index (κ2) is 2.54. The van der Waals surface area contributed by atoms with E-state index < -0.39 is 0 Å². The number of hydrogen-bond donors (Lipinski definition) is 0. The molecule has 0 fully saturated rings. The molecule has 1 aromatic rings. The van der Waals surface area contributed by atoms with Crippen LogP contribution in [0.4, 0.5) is 0 Å². The molecule has 3 heteroatoms. The first-order valence-electron chi connectivity index (χ1n) is 3.32. The molecule has 1 aromatic heterocycles. The Hall–Kier alpha value is -1.64. The van der Waals surface area contributed by atoms with Crippen molar-refractivity contribution < 1.29 is 0 Å². The maximum atomic E-state index is 4.06. The van der Waals surface area contributed by atoms with Gasteiger partial charge in [-0.15, -0.1) is 0 Å². The molecule has 0 unspecified atom stereocenters. The highest BCUT2D eigenvalue weighted by Gasteiger charge is 2.04. The Kier molecular flexibility index (Phi) is 1.41. The van der Waals surface area contributed by atoms with Crippen molar-refractivity contribution in [1.82, 2.24) is 15.3 Å². The average Bonchev–Trinajstić information content (AvgIpc) is 2.58. The van der Waals surface area contributed by atoms with E-state index in [0.717, 1.165) is 5.70 Å².